The number of esters is 1. The van der Waals surface area contributed by atoms with E-state index in [4.69, 9.17) is 4.74 Å². The Kier molecular flexibility index (Phi) is 6.46. The lowest BCUT2D eigenvalue weighted by Crippen LogP contribution is -2.37. The van der Waals surface area contributed by atoms with Gasteiger partial charge < -0.3 is 15.4 Å². The van der Waals surface area contributed by atoms with E-state index < -0.39 is 23.6 Å². The van der Waals surface area contributed by atoms with Gasteiger partial charge in [0.05, 0.1) is 24.4 Å². The lowest BCUT2D eigenvalue weighted by Gasteiger charge is -2.21. The zero-order valence-corrected chi connectivity index (χ0v) is 16.7. The molecule has 8 heteroatoms. The van der Waals surface area contributed by atoms with Crippen LogP contribution in [0, 0.1) is 12.7 Å². The van der Waals surface area contributed by atoms with Crippen molar-refractivity contribution in [3.8, 4) is 0 Å². The normalized spacial score (nSPS) is 13.0. The molecule has 0 aliphatic carbocycles. The smallest absolute Gasteiger partial charge is 0.311 e. The van der Waals surface area contributed by atoms with Gasteiger partial charge in [-0.1, -0.05) is 18.2 Å². The molecule has 0 bridgehead atoms. The minimum atomic E-state index is -0.483. The molecule has 1 aliphatic heterocycles. The van der Waals surface area contributed by atoms with Gasteiger partial charge in [-0.3, -0.25) is 19.3 Å². The summed E-state index contributed by atoms with van der Waals surface area (Å²) in [6.45, 7) is 3.28. The van der Waals surface area contributed by atoms with Gasteiger partial charge in [0.1, 0.15) is 12.4 Å². The highest BCUT2D eigenvalue weighted by Gasteiger charge is 2.25. The van der Waals surface area contributed by atoms with Crippen molar-refractivity contribution in [2.45, 2.75) is 20.3 Å². The molecule has 3 rings (SSSR count). The number of aryl methyl sites for hydroxylation is 1. The molecular weight excluding hydrogens is 389 g/mol. The molecule has 0 aromatic heterocycles. The topological polar surface area (TPSA) is 87.7 Å². The molecule has 0 saturated carbocycles. The van der Waals surface area contributed by atoms with Crippen molar-refractivity contribution < 1.29 is 23.5 Å². The van der Waals surface area contributed by atoms with Crippen LogP contribution in [-0.4, -0.2) is 30.9 Å². The molecule has 0 unspecified atom stereocenters. The second-order valence-corrected chi connectivity index (χ2v) is 6.73. The van der Waals surface area contributed by atoms with Crippen molar-refractivity contribution >= 4 is 34.8 Å². The SMILES string of the molecule is CCOC(=O)CC1=CC(=O)N(CC(=O)Nc2ccc(C)c(F)c2)c2ccccc2N1. The second-order valence-electron chi connectivity index (χ2n) is 6.73. The van der Waals surface area contributed by atoms with Gasteiger partial charge in [0.2, 0.25) is 5.91 Å². The zero-order chi connectivity index (χ0) is 21.7. The number of hydrogen-bond donors (Lipinski definition) is 2. The zero-order valence-electron chi connectivity index (χ0n) is 16.7. The Hall–Kier alpha value is -3.68. The van der Waals surface area contributed by atoms with Crippen LogP contribution in [0.25, 0.3) is 0 Å². The van der Waals surface area contributed by atoms with Crippen molar-refractivity contribution in [1.29, 1.82) is 0 Å². The van der Waals surface area contributed by atoms with Crippen molar-refractivity contribution in [3.63, 3.8) is 0 Å². The number of anilines is 3. The molecule has 2 aromatic rings. The standard InChI is InChI=1S/C22H22FN3O4/c1-3-30-22(29)12-16-11-21(28)26(19-7-5-4-6-18(19)24-16)13-20(27)25-15-9-8-14(2)17(23)10-15/h4-11,24H,3,12-13H2,1-2H3,(H,25,27). The van der Waals surface area contributed by atoms with Gasteiger partial charge in [-0.05, 0) is 43.7 Å². The van der Waals surface area contributed by atoms with E-state index in [1.807, 2.05) is 0 Å². The average molecular weight is 411 g/mol. The minimum Gasteiger partial charge on any atom is -0.466 e. The Morgan fingerprint density at radius 3 is 2.70 bits per heavy atom. The Morgan fingerprint density at radius 1 is 1.20 bits per heavy atom. The third-order valence-corrected chi connectivity index (χ3v) is 4.45. The van der Waals surface area contributed by atoms with Crippen molar-refractivity contribution in [3.05, 3.63) is 65.6 Å². The van der Waals surface area contributed by atoms with Crippen LogP contribution in [0.15, 0.2) is 54.2 Å². The first-order chi connectivity index (χ1) is 14.4. The second kappa shape index (κ2) is 9.21. The molecule has 156 valence electrons. The van der Waals surface area contributed by atoms with Gasteiger partial charge >= 0.3 is 5.97 Å². The highest BCUT2D eigenvalue weighted by atomic mass is 19.1. The number of benzene rings is 2. The number of carbonyl (C=O) groups excluding carboxylic acids is 3. The molecule has 0 saturated heterocycles. The molecule has 2 amide bonds. The van der Waals surface area contributed by atoms with Gasteiger partial charge in [-0.2, -0.15) is 0 Å². The third-order valence-electron chi connectivity index (χ3n) is 4.45. The van der Waals surface area contributed by atoms with E-state index in [2.05, 4.69) is 10.6 Å². The average Bonchev–Trinajstić information content (AvgIpc) is 2.81. The van der Waals surface area contributed by atoms with Gasteiger partial charge in [-0.25, -0.2) is 4.39 Å². The van der Waals surface area contributed by atoms with E-state index >= 15 is 0 Å². The predicted molar refractivity (Wildman–Crippen MR) is 112 cm³/mol. The summed E-state index contributed by atoms with van der Waals surface area (Å²) in [6, 6.07) is 11.3. The first kappa shape index (κ1) is 21.0. The molecule has 2 N–H and O–H groups in total. The minimum absolute atomic E-state index is 0.101. The van der Waals surface area contributed by atoms with E-state index in [-0.39, 0.29) is 19.6 Å². The van der Waals surface area contributed by atoms with Crippen LogP contribution < -0.4 is 15.5 Å². The van der Waals surface area contributed by atoms with Gasteiger partial charge in [0, 0.05) is 17.5 Å². The van der Waals surface area contributed by atoms with E-state index in [1.54, 1.807) is 50.2 Å². The Labute approximate surface area is 173 Å². The number of fused-ring (bicyclic) bond motifs is 1. The summed E-state index contributed by atoms with van der Waals surface area (Å²) in [6.07, 6.45) is 1.17. The van der Waals surface area contributed by atoms with E-state index in [9.17, 15) is 18.8 Å². The van der Waals surface area contributed by atoms with Gasteiger partial charge in [0.25, 0.3) is 5.91 Å². The molecule has 0 atom stereocenters. The maximum Gasteiger partial charge on any atom is 0.311 e. The van der Waals surface area contributed by atoms with E-state index in [0.29, 0.717) is 28.3 Å². The quantitative estimate of drug-likeness (QED) is 0.712. The fourth-order valence-corrected chi connectivity index (χ4v) is 3.01. The maximum atomic E-state index is 13.7. The van der Waals surface area contributed by atoms with Crippen LogP contribution in [0.2, 0.25) is 0 Å². The summed E-state index contributed by atoms with van der Waals surface area (Å²) in [5.41, 5.74) is 2.20. The number of carbonyl (C=O) groups is 3. The van der Waals surface area contributed by atoms with Crippen LogP contribution in [0.1, 0.15) is 18.9 Å². The number of hydrogen-bond acceptors (Lipinski definition) is 5. The number of para-hydroxylation sites is 2. The molecular formula is C22H22FN3O4. The third kappa shape index (κ3) is 5.02. The molecule has 30 heavy (non-hydrogen) atoms. The summed E-state index contributed by atoms with van der Waals surface area (Å²) >= 11 is 0. The molecule has 0 fully saturated rings. The molecule has 1 heterocycles. The molecule has 1 aliphatic rings. The highest BCUT2D eigenvalue weighted by Crippen LogP contribution is 2.30. The van der Waals surface area contributed by atoms with Crippen molar-refractivity contribution in [1.82, 2.24) is 0 Å². The highest BCUT2D eigenvalue weighted by molar-refractivity contribution is 6.10. The largest absolute Gasteiger partial charge is 0.466 e. The Balaban J connectivity index is 1.81. The summed E-state index contributed by atoms with van der Waals surface area (Å²) in [4.78, 5) is 38.5. The summed E-state index contributed by atoms with van der Waals surface area (Å²) in [7, 11) is 0. The summed E-state index contributed by atoms with van der Waals surface area (Å²) in [5, 5.41) is 5.66. The molecule has 0 spiro atoms. The van der Waals surface area contributed by atoms with Crippen LogP contribution >= 0.6 is 0 Å². The van der Waals surface area contributed by atoms with E-state index in [1.165, 1.54) is 17.0 Å². The van der Waals surface area contributed by atoms with Crippen molar-refractivity contribution in [2.75, 3.05) is 28.7 Å². The number of halogens is 1. The summed E-state index contributed by atoms with van der Waals surface area (Å²) < 4.78 is 18.7. The monoisotopic (exact) mass is 411 g/mol. The van der Waals surface area contributed by atoms with Crippen molar-refractivity contribution in [2.24, 2.45) is 0 Å². The number of nitrogens with one attached hydrogen (secondary N) is 2. The number of ether oxygens (including phenoxy) is 1. The maximum absolute atomic E-state index is 13.7. The van der Waals surface area contributed by atoms with E-state index in [0.717, 1.165) is 0 Å². The molecule has 0 radical (unpaired) electrons. The van der Waals surface area contributed by atoms with Crippen LogP contribution in [0.5, 0.6) is 0 Å². The fraction of sp³-hybridized carbons (Fsp3) is 0.227. The van der Waals surface area contributed by atoms with Gasteiger partial charge in [-0.15, -0.1) is 0 Å². The lowest BCUT2D eigenvalue weighted by atomic mass is 10.2. The molecule has 7 nitrogen and oxygen atoms in total. The lowest BCUT2D eigenvalue weighted by molar-refractivity contribution is -0.142. The van der Waals surface area contributed by atoms with Crippen LogP contribution in [0.3, 0.4) is 0 Å². The first-order valence-corrected chi connectivity index (χ1v) is 9.47. The van der Waals surface area contributed by atoms with Crippen LogP contribution in [0.4, 0.5) is 21.5 Å². The number of rotatable bonds is 6. The fourth-order valence-electron chi connectivity index (χ4n) is 3.01. The Morgan fingerprint density at radius 2 is 1.97 bits per heavy atom. The number of amides is 2. The molecule has 2 aromatic carbocycles. The van der Waals surface area contributed by atoms with Gasteiger partial charge in [0.15, 0.2) is 0 Å². The number of nitrogens with zero attached hydrogens (tertiary/aromatic N) is 1. The summed E-state index contributed by atoms with van der Waals surface area (Å²) in [5.74, 6) is -1.84. The Bertz CT molecular complexity index is 1020. The first-order valence-electron chi connectivity index (χ1n) is 9.47. The van der Waals surface area contributed by atoms with Crippen LogP contribution in [-0.2, 0) is 19.1 Å². The predicted octanol–water partition coefficient (Wildman–Crippen LogP) is 3.37.